The molecule has 0 fully saturated rings. The molecule has 110 valence electrons. The van der Waals surface area contributed by atoms with Crippen molar-refractivity contribution in [3.8, 4) is 0 Å². The lowest BCUT2D eigenvalue weighted by Gasteiger charge is -1.99. The fourth-order valence-corrected chi connectivity index (χ4v) is 3.20. The molecule has 0 atom stereocenters. The molecule has 0 saturated carbocycles. The van der Waals surface area contributed by atoms with Gasteiger partial charge in [-0.2, -0.15) is 5.10 Å². The number of ether oxygens (including phenoxy) is 1. The SMILES string of the molecule is COC(=O)c1nc(NC(=O)c2n[nH]c3c2CCC3)sc1C. The van der Waals surface area contributed by atoms with E-state index in [9.17, 15) is 9.59 Å². The summed E-state index contributed by atoms with van der Waals surface area (Å²) in [5, 5.41) is 10.0. The molecule has 2 heterocycles. The second-order valence-corrected chi connectivity index (χ2v) is 5.96. The Hall–Kier alpha value is -2.22. The van der Waals surface area contributed by atoms with Gasteiger partial charge >= 0.3 is 5.97 Å². The lowest BCUT2D eigenvalue weighted by molar-refractivity contribution is 0.0594. The summed E-state index contributed by atoms with van der Waals surface area (Å²) >= 11 is 1.24. The van der Waals surface area contributed by atoms with E-state index in [4.69, 9.17) is 0 Å². The number of thiazole rings is 1. The second-order valence-electron chi connectivity index (χ2n) is 4.75. The highest BCUT2D eigenvalue weighted by Gasteiger charge is 2.24. The smallest absolute Gasteiger partial charge is 0.357 e. The van der Waals surface area contributed by atoms with Gasteiger partial charge in [-0.3, -0.25) is 15.2 Å². The van der Waals surface area contributed by atoms with Crippen molar-refractivity contribution in [3.63, 3.8) is 0 Å². The van der Waals surface area contributed by atoms with Crippen molar-refractivity contribution in [2.45, 2.75) is 26.2 Å². The number of aromatic amines is 1. The Morgan fingerprint density at radius 3 is 2.90 bits per heavy atom. The van der Waals surface area contributed by atoms with Crippen LogP contribution in [0.4, 0.5) is 5.13 Å². The molecule has 2 N–H and O–H groups in total. The van der Waals surface area contributed by atoms with E-state index in [1.54, 1.807) is 6.92 Å². The Kier molecular flexibility index (Phi) is 3.46. The molecule has 21 heavy (non-hydrogen) atoms. The minimum absolute atomic E-state index is 0.227. The predicted molar refractivity (Wildman–Crippen MR) is 76.8 cm³/mol. The lowest BCUT2D eigenvalue weighted by atomic mass is 10.2. The molecule has 0 saturated heterocycles. The van der Waals surface area contributed by atoms with Crippen LogP contribution in [0.15, 0.2) is 0 Å². The maximum absolute atomic E-state index is 12.3. The van der Waals surface area contributed by atoms with Gasteiger partial charge in [0, 0.05) is 16.1 Å². The summed E-state index contributed by atoms with van der Waals surface area (Å²) in [5.74, 6) is -0.815. The van der Waals surface area contributed by atoms with Crippen LogP contribution in [0.1, 0.15) is 43.5 Å². The summed E-state index contributed by atoms with van der Waals surface area (Å²) in [6.07, 6.45) is 2.82. The Bertz CT molecular complexity index is 719. The van der Waals surface area contributed by atoms with Crippen LogP contribution < -0.4 is 5.32 Å². The molecule has 0 spiro atoms. The van der Waals surface area contributed by atoms with Crippen LogP contribution in [0.25, 0.3) is 0 Å². The summed E-state index contributed by atoms with van der Waals surface area (Å²) < 4.78 is 4.64. The van der Waals surface area contributed by atoms with Gasteiger partial charge in [0.15, 0.2) is 16.5 Å². The van der Waals surface area contributed by atoms with Crippen molar-refractivity contribution in [2.24, 2.45) is 0 Å². The monoisotopic (exact) mass is 306 g/mol. The van der Waals surface area contributed by atoms with Crippen molar-refractivity contribution in [3.05, 3.63) is 27.5 Å². The third-order valence-corrected chi connectivity index (χ3v) is 4.30. The van der Waals surface area contributed by atoms with Gasteiger partial charge in [-0.25, -0.2) is 9.78 Å². The summed E-state index contributed by atoms with van der Waals surface area (Å²) in [6, 6.07) is 0. The number of H-pyrrole nitrogens is 1. The van der Waals surface area contributed by atoms with Crippen molar-refractivity contribution in [1.82, 2.24) is 15.2 Å². The average Bonchev–Trinajstić information content (AvgIpc) is 3.12. The van der Waals surface area contributed by atoms with Crippen LogP contribution in [0.3, 0.4) is 0 Å². The number of nitrogens with zero attached hydrogens (tertiary/aromatic N) is 2. The number of carbonyl (C=O) groups is 2. The number of methoxy groups -OCH3 is 1. The van der Waals surface area contributed by atoms with Gasteiger partial charge in [-0.05, 0) is 26.2 Å². The van der Waals surface area contributed by atoms with Gasteiger partial charge in [0.2, 0.25) is 0 Å². The third kappa shape index (κ3) is 2.42. The van der Waals surface area contributed by atoms with Gasteiger partial charge in [0.05, 0.1) is 7.11 Å². The fraction of sp³-hybridized carbons (Fsp3) is 0.385. The average molecular weight is 306 g/mol. The first-order valence-electron chi connectivity index (χ1n) is 6.53. The van der Waals surface area contributed by atoms with Crippen molar-refractivity contribution in [1.29, 1.82) is 0 Å². The molecule has 0 unspecified atom stereocenters. The van der Waals surface area contributed by atoms with Gasteiger partial charge in [0.25, 0.3) is 5.91 Å². The minimum atomic E-state index is -0.509. The van der Waals surface area contributed by atoms with Gasteiger partial charge in [0.1, 0.15) is 0 Å². The quantitative estimate of drug-likeness (QED) is 0.841. The Morgan fingerprint density at radius 2 is 2.14 bits per heavy atom. The van der Waals surface area contributed by atoms with E-state index in [0.29, 0.717) is 15.7 Å². The summed E-state index contributed by atoms with van der Waals surface area (Å²) in [4.78, 5) is 28.6. The van der Waals surface area contributed by atoms with Gasteiger partial charge in [-0.15, -0.1) is 11.3 Å². The number of hydrogen-bond acceptors (Lipinski definition) is 6. The first-order valence-corrected chi connectivity index (χ1v) is 7.35. The standard InChI is InChI=1S/C13H14N4O3S/c1-6-9(12(19)20-2)14-13(21-6)15-11(18)10-7-4-3-5-8(7)16-17-10/h3-5H2,1-2H3,(H,16,17)(H,14,15,18). The van der Waals surface area contributed by atoms with Gasteiger partial charge < -0.3 is 4.74 Å². The molecule has 7 nitrogen and oxygen atoms in total. The van der Waals surface area contributed by atoms with Crippen molar-refractivity contribution in [2.75, 3.05) is 12.4 Å². The molecule has 3 rings (SSSR count). The van der Waals surface area contributed by atoms with E-state index < -0.39 is 5.97 Å². The van der Waals surface area contributed by atoms with Crippen molar-refractivity contribution < 1.29 is 14.3 Å². The largest absolute Gasteiger partial charge is 0.464 e. The number of anilines is 1. The predicted octanol–water partition coefficient (Wildman–Crippen LogP) is 1.70. The molecule has 0 aliphatic heterocycles. The summed E-state index contributed by atoms with van der Waals surface area (Å²) in [5.41, 5.74) is 2.65. The molecule has 1 amide bonds. The molecular formula is C13H14N4O3S. The van der Waals surface area contributed by atoms with Crippen LogP contribution in [0.5, 0.6) is 0 Å². The molecule has 1 aliphatic carbocycles. The Labute approximate surface area is 124 Å². The Morgan fingerprint density at radius 1 is 1.33 bits per heavy atom. The molecule has 0 aromatic carbocycles. The number of esters is 1. The first kappa shape index (κ1) is 13.7. The molecule has 2 aromatic heterocycles. The highest BCUT2D eigenvalue weighted by molar-refractivity contribution is 7.16. The summed E-state index contributed by atoms with van der Waals surface area (Å²) in [7, 11) is 1.30. The number of rotatable bonds is 3. The molecule has 8 heteroatoms. The van der Waals surface area contributed by atoms with E-state index in [1.807, 2.05) is 0 Å². The van der Waals surface area contributed by atoms with E-state index >= 15 is 0 Å². The first-order chi connectivity index (χ1) is 10.1. The third-order valence-electron chi connectivity index (χ3n) is 3.42. The van der Waals surface area contributed by atoms with Crippen LogP contribution in [-0.2, 0) is 17.6 Å². The van der Waals surface area contributed by atoms with E-state index in [-0.39, 0.29) is 11.6 Å². The van der Waals surface area contributed by atoms with E-state index in [0.717, 1.165) is 30.5 Å². The maximum Gasteiger partial charge on any atom is 0.357 e. The van der Waals surface area contributed by atoms with E-state index in [1.165, 1.54) is 18.4 Å². The number of carbonyl (C=O) groups excluding carboxylic acids is 2. The zero-order valence-corrected chi connectivity index (χ0v) is 12.5. The second kappa shape index (κ2) is 5.28. The maximum atomic E-state index is 12.3. The normalized spacial score (nSPS) is 13.0. The van der Waals surface area contributed by atoms with E-state index in [2.05, 4.69) is 25.2 Å². The molecule has 2 aromatic rings. The topological polar surface area (TPSA) is 97.0 Å². The minimum Gasteiger partial charge on any atom is -0.464 e. The van der Waals surface area contributed by atoms with Crippen molar-refractivity contribution >= 4 is 28.3 Å². The lowest BCUT2D eigenvalue weighted by Crippen LogP contribution is -2.14. The fourth-order valence-electron chi connectivity index (χ4n) is 2.40. The molecular weight excluding hydrogens is 292 g/mol. The van der Waals surface area contributed by atoms with Crippen LogP contribution >= 0.6 is 11.3 Å². The number of fused-ring (bicyclic) bond motifs is 1. The van der Waals surface area contributed by atoms with Crippen LogP contribution in [0.2, 0.25) is 0 Å². The Balaban J connectivity index is 1.80. The molecule has 1 aliphatic rings. The zero-order valence-electron chi connectivity index (χ0n) is 11.6. The number of amides is 1. The zero-order chi connectivity index (χ0) is 15.0. The van der Waals surface area contributed by atoms with Crippen LogP contribution in [0, 0.1) is 6.92 Å². The number of nitrogens with one attached hydrogen (secondary N) is 2. The highest BCUT2D eigenvalue weighted by Crippen LogP contribution is 2.26. The highest BCUT2D eigenvalue weighted by atomic mass is 32.1. The van der Waals surface area contributed by atoms with Crippen LogP contribution in [-0.4, -0.2) is 34.2 Å². The number of hydrogen-bond donors (Lipinski definition) is 2. The summed E-state index contributed by atoms with van der Waals surface area (Å²) in [6.45, 7) is 1.76. The van der Waals surface area contributed by atoms with Gasteiger partial charge in [-0.1, -0.05) is 0 Å². The molecule has 0 radical (unpaired) electrons. The number of aromatic nitrogens is 3. The number of aryl methyl sites for hydroxylation is 2. The molecule has 0 bridgehead atoms.